The van der Waals surface area contributed by atoms with Crippen LogP contribution in [0.15, 0.2) is 0 Å². The van der Waals surface area contributed by atoms with E-state index in [1.54, 1.807) is 0 Å². The van der Waals surface area contributed by atoms with Gasteiger partial charge in [-0.05, 0) is 12.8 Å². The number of nitrogens with two attached hydrogens (primary N) is 1. The molecule has 1 aliphatic heterocycles. The van der Waals surface area contributed by atoms with Gasteiger partial charge in [-0.1, -0.05) is 0 Å². The first-order valence-corrected chi connectivity index (χ1v) is 10.9. The number of carbonyl (C=O) groups excluding carboxylic acids is 6. The van der Waals surface area contributed by atoms with E-state index in [4.69, 9.17) is 5.73 Å². The van der Waals surface area contributed by atoms with Gasteiger partial charge in [0.2, 0.25) is 35.4 Å². The second-order valence-corrected chi connectivity index (χ2v) is 7.61. The second kappa shape index (κ2) is 15.2. The zero-order valence-corrected chi connectivity index (χ0v) is 19.3. The summed E-state index contributed by atoms with van der Waals surface area (Å²) in [6, 6.07) is -4.13. The number of nitrogens with zero attached hydrogens (tertiary/aromatic N) is 1. The van der Waals surface area contributed by atoms with E-state index >= 15 is 0 Å². The van der Waals surface area contributed by atoms with Crippen LogP contribution in [-0.2, 0) is 33.6 Å². The number of carbonyl (C=O) groups is 7. The van der Waals surface area contributed by atoms with Crippen molar-refractivity contribution in [2.24, 2.45) is 5.73 Å². The fourth-order valence-corrected chi connectivity index (χ4v) is 3.12. The van der Waals surface area contributed by atoms with Gasteiger partial charge in [-0.15, -0.1) is 0 Å². The van der Waals surface area contributed by atoms with Crippen LogP contribution in [0, 0.1) is 0 Å². The molecule has 1 fully saturated rings. The molecule has 202 valence electrons. The van der Waals surface area contributed by atoms with Crippen LogP contribution in [0.3, 0.4) is 0 Å². The molecule has 0 aromatic rings. The van der Waals surface area contributed by atoms with Crippen molar-refractivity contribution >= 4 is 41.4 Å². The Bertz CT molecular complexity index is 852. The maximum atomic E-state index is 12.6. The van der Waals surface area contributed by atoms with E-state index in [9.17, 15) is 48.9 Å². The summed E-state index contributed by atoms with van der Waals surface area (Å²) in [5, 5.41) is 39.0. The molecule has 0 bridgehead atoms. The Hall–Kier alpha value is -3.83. The average Bonchev–Trinajstić information content (AvgIpc) is 3.36. The Labute approximate surface area is 205 Å². The highest BCUT2D eigenvalue weighted by Gasteiger charge is 2.38. The third-order valence-corrected chi connectivity index (χ3v) is 4.98. The average molecular weight is 517 g/mol. The number of carboxylic acids is 1. The highest BCUT2D eigenvalue weighted by atomic mass is 16.4. The SMILES string of the molecule is NCC(=O)NCC(=O)NCC(=O)NCC(=O)N[C@@H](CO)C(=O)N[C@@H](CO)C(=O)N1CCC[C@H]1C(=O)O. The zero-order valence-electron chi connectivity index (χ0n) is 19.3. The Morgan fingerprint density at radius 2 is 1.33 bits per heavy atom. The molecule has 0 aliphatic carbocycles. The van der Waals surface area contributed by atoms with Crippen LogP contribution >= 0.6 is 0 Å². The van der Waals surface area contributed by atoms with Gasteiger partial charge in [-0.2, -0.15) is 0 Å². The van der Waals surface area contributed by atoms with Gasteiger partial charge in [0.25, 0.3) is 0 Å². The fourth-order valence-electron chi connectivity index (χ4n) is 3.12. The van der Waals surface area contributed by atoms with Crippen LogP contribution in [0.25, 0.3) is 0 Å². The van der Waals surface area contributed by atoms with E-state index in [-0.39, 0.29) is 19.5 Å². The first-order valence-electron chi connectivity index (χ1n) is 10.9. The highest BCUT2D eigenvalue weighted by Crippen LogP contribution is 2.18. The van der Waals surface area contributed by atoms with E-state index in [2.05, 4.69) is 26.6 Å². The molecule has 36 heavy (non-hydrogen) atoms. The summed E-state index contributed by atoms with van der Waals surface area (Å²) in [6.07, 6.45) is 0.660. The van der Waals surface area contributed by atoms with Gasteiger partial charge in [-0.3, -0.25) is 28.8 Å². The number of aliphatic carboxylic acids is 1. The van der Waals surface area contributed by atoms with E-state index < -0.39 is 92.4 Å². The van der Waals surface area contributed by atoms with Gasteiger partial charge < -0.3 is 52.5 Å². The standard InChI is InChI=1S/C19H31N7O10/c20-4-13(29)21-5-14(30)22-6-15(31)23-7-16(32)24-10(8-27)17(33)25-11(9-28)18(34)26-3-1-2-12(26)19(35)36/h10-12,27-28H,1-9,20H2,(H,21,29)(H,22,30)(H,23,31)(H,24,32)(H,25,33)(H,35,36)/t10-,11-,12-/m0/s1. The summed E-state index contributed by atoms with van der Waals surface area (Å²) < 4.78 is 0. The van der Waals surface area contributed by atoms with Crippen molar-refractivity contribution < 1.29 is 48.9 Å². The van der Waals surface area contributed by atoms with Crippen LogP contribution in [0.1, 0.15) is 12.8 Å². The predicted molar refractivity (Wildman–Crippen MR) is 118 cm³/mol. The quantitative estimate of drug-likeness (QED) is 0.104. The third-order valence-electron chi connectivity index (χ3n) is 4.98. The Balaban J connectivity index is 2.49. The van der Waals surface area contributed by atoms with Gasteiger partial charge in [0.15, 0.2) is 0 Å². The number of amides is 6. The molecule has 0 unspecified atom stereocenters. The number of aliphatic hydroxyl groups is 2. The van der Waals surface area contributed by atoms with Crippen LogP contribution in [0.2, 0.25) is 0 Å². The molecule has 1 rings (SSSR count). The maximum Gasteiger partial charge on any atom is 0.326 e. The second-order valence-electron chi connectivity index (χ2n) is 7.61. The summed E-state index contributed by atoms with van der Waals surface area (Å²) in [6.45, 7) is -3.45. The molecule has 0 aromatic heterocycles. The van der Waals surface area contributed by atoms with Gasteiger partial charge in [-0.25, -0.2) is 4.79 Å². The number of nitrogens with one attached hydrogen (secondary N) is 5. The highest BCUT2D eigenvalue weighted by molar-refractivity contribution is 5.95. The maximum absolute atomic E-state index is 12.6. The lowest BCUT2D eigenvalue weighted by atomic mass is 10.2. The Morgan fingerprint density at radius 1 is 0.806 bits per heavy atom. The van der Waals surface area contributed by atoms with Crippen LogP contribution in [0.4, 0.5) is 0 Å². The summed E-state index contributed by atoms with van der Waals surface area (Å²) >= 11 is 0. The number of hydrogen-bond donors (Lipinski definition) is 9. The van der Waals surface area contributed by atoms with Crippen molar-refractivity contribution in [1.82, 2.24) is 31.5 Å². The summed E-state index contributed by atoms with van der Waals surface area (Å²) in [7, 11) is 0. The first-order chi connectivity index (χ1) is 17.0. The monoisotopic (exact) mass is 517 g/mol. The minimum atomic E-state index is -1.55. The van der Waals surface area contributed by atoms with Gasteiger partial charge in [0.05, 0.1) is 39.4 Å². The van der Waals surface area contributed by atoms with Crippen molar-refractivity contribution in [3.05, 3.63) is 0 Å². The minimum Gasteiger partial charge on any atom is -0.480 e. The Morgan fingerprint density at radius 3 is 1.83 bits per heavy atom. The zero-order chi connectivity index (χ0) is 27.3. The number of hydrogen-bond acceptors (Lipinski definition) is 10. The van der Waals surface area contributed by atoms with E-state index in [0.29, 0.717) is 6.42 Å². The van der Waals surface area contributed by atoms with E-state index in [1.165, 1.54) is 0 Å². The molecule has 10 N–H and O–H groups in total. The molecular weight excluding hydrogens is 486 g/mol. The topological polar surface area (TPSA) is 270 Å². The van der Waals surface area contributed by atoms with Crippen LogP contribution in [0.5, 0.6) is 0 Å². The molecule has 0 aromatic carbocycles. The fraction of sp³-hybridized carbons (Fsp3) is 0.632. The largest absolute Gasteiger partial charge is 0.480 e. The molecule has 1 heterocycles. The first kappa shape index (κ1) is 30.2. The van der Waals surface area contributed by atoms with Gasteiger partial charge in [0.1, 0.15) is 18.1 Å². The van der Waals surface area contributed by atoms with E-state index in [0.717, 1.165) is 4.90 Å². The molecule has 0 radical (unpaired) electrons. The van der Waals surface area contributed by atoms with Gasteiger partial charge >= 0.3 is 5.97 Å². The molecular formula is C19H31N7O10. The number of likely N-dealkylation sites (tertiary alicyclic amines) is 1. The lowest BCUT2D eigenvalue weighted by Gasteiger charge is -2.27. The molecule has 17 nitrogen and oxygen atoms in total. The minimum absolute atomic E-state index is 0.130. The molecule has 1 aliphatic rings. The third kappa shape index (κ3) is 9.80. The van der Waals surface area contributed by atoms with Crippen LogP contribution < -0.4 is 32.3 Å². The lowest BCUT2D eigenvalue weighted by molar-refractivity contribution is -0.150. The molecule has 0 spiro atoms. The van der Waals surface area contributed by atoms with Crippen molar-refractivity contribution in [1.29, 1.82) is 0 Å². The normalized spacial score (nSPS) is 16.3. The van der Waals surface area contributed by atoms with Crippen molar-refractivity contribution in [3.8, 4) is 0 Å². The van der Waals surface area contributed by atoms with Crippen molar-refractivity contribution in [2.45, 2.75) is 31.0 Å². The summed E-state index contributed by atoms with van der Waals surface area (Å²) in [5.74, 6) is -5.97. The molecule has 6 amide bonds. The molecule has 3 atom stereocenters. The molecule has 1 saturated heterocycles. The molecule has 0 saturated carbocycles. The van der Waals surface area contributed by atoms with Crippen LogP contribution in [-0.4, -0.2) is 126 Å². The van der Waals surface area contributed by atoms with Crippen molar-refractivity contribution in [3.63, 3.8) is 0 Å². The number of carboxylic acid groups (broad SMARTS) is 1. The summed E-state index contributed by atoms with van der Waals surface area (Å²) in [5.41, 5.74) is 5.06. The van der Waals surface area contributed by atoms with Gasteiger partial charge in [0, 0.05) is 6.54 Å². The number of rotatable bonds is 14. The lowest BCUT2D eigenvalue weighted by Crippen LogP contribution is -2.58. The smallest absolute Gasteiger partial charge is 0.326 e. The van der Waals surface area contributed by atoms with Crippen molar-refractivity contribution in [2.75, 3.05) is 45.9 Å². The predicted octanol–water partition coefficient (Wildman–Crippen LogP) is -6.68. The van der Waals surface area contributed by atoms with E-state index in [1.807, 2.05) is 0 Å². The Kier molecular flexibility index (Phi) is 12.8. The summed E-state index contributed by atoms with van der Waals surface area (Å²) in [4.78, 5) is 83.5. The molecule has 17 heteroatoms. The number of aliphatic hydroxyl groups excluding tert-OH is 2.